The molecule has 1 unspecified atom stereocenters. The Morgan fingerprint density at radius 1 is 1.62 bits per heavy atom. The number of aryl methyl sites for hydroxylation is 1. The van der Waals surface area contributed by atoms with Crippen LogP contribution in [0.2, 0.25) is 0 Å². The summed E-state index contributed by atoms with van der Waals surface area (Å²) in [5.74, 6) is 0.125. The smallest absolute Gasteiger partial charge is 0.270 e. The first-order valence-corrected chi connectivity index (χ1v) is 5.94. The van der Waals surface area contributed by atoms with Crippen LogP contribution in [0.3, 0.4) is 0 Å². The van der Waals surface area contributed by atoms with E-state index in [-0.39, 0.29) is 11.9 Å². The fourth-order valence-electron chi connectivity index (χ4n) is 2.38. The van der Waals surface area contributed by atoms with E-state index in [9.17, 15) is 4.79 Å². The van der Waals surface area contributed by atoms with Crippen LogP contribution in [-0.4, -0.2) is 34.5 Å². The van der Waals surface area contributed by atoms with Gasteiger partial charge in [0.25, 0.3) is 5.91 Å². The molecule has 0 aromatic carbocycles. The molecule has 1 aliphatic heterocycles. The molecule has 4 nitrogen and oxygen atoms in total. The van der Waals surface area contributed by atoms with Gasteiger partial charge in [0.1, 0.15) is 5.69 Å². The third kappa shape index (κ3) is 1.85. The molecule has 0 bridgehead atoms. The molecule has 2 N–H and O–H groups in total. The van der Waals surface area contributed by atoms with E-state index in [1.165, 1.54) is 0 Å². The summed E-state index contributed by atoms with van der Waals surface area (Å²) in [7, 11) is 0. The zero-order chi connectivity index (χ0) is 11.5. The Kier molecular flexibility index (Phi) is 3.29. The second-order valence-electron chi connectivity index (χ2n) is 4.21. The lowest BCUT2D eigenvalue weighted by molar-refractivity contribution is 0.0730. The second-order valence-corrected chi connectivity index (χ2v) is 4.21. The molecule has 0 radical (unpaired) electrons. The fraction of sp³-hybridized carbons (Fsp3) is 0.583. The largest absolute Gasteiger partial charge is 0.344 e. The van der Waals surface area contributed by atoms with E-state index in [1.807, 2.05) is 34.7 Å². The number of likely N-dealkylation sites (tertiary alicyclic amines) is 1. The molecule has 2 heterocycles. The molecule has 1 fully saturated rings. The lowest BCUT2D eigenvalue weighted by Gasteiger charge is -2.23. The van der Waals surface area contributed by atoms with Gasteiger partial charge in [0, 0.05) is 31.9 Å². The van der Waals surface area contributed by atoms with Crippen molar-refractivity contribution in [1.29, 1.82) is 0 Å². The molecule has 1 amide bonds. The Morgan fingerprint density at radius 3 is 3.12 bits per heavy atom. The average Bonchev–Trinajstić information content (AvgIpc) is 2.96. The summed E-state index contributed by atoms with van der Waals surface area (Å²) in [6.07, 6.45) is 4.05. The minimum Gasteiger partial charge on any atom is -0.344 e. The number of carbonyl (C=O) groups is 1. The predicted octanol–water partition coefficient (Wildman–Crippen LogP) is 1.07. The average molecular weight is 221 g/mol. The van der Waals surface area contributed by atoms with Crippen molar-refractivity contribution >= 4 is 5.91 Å². The molecule has 1 aromatic rings. The van der Waals surface area contributed by atoms with E-state index < -0.39 is 0 Å². The molecule has 1 aliphatic rings. The summed E-state index contributed by atoms with van der Waals surface area (Å²) in [5.41, 5.74) is 6.47. The van der Waals surface area contributed by atoms with Gasteiger partial charge >= 0.3 is 0 Å². The molecular formula is C12H19N3O. The third-order valence-electron chi connectivity index (χ3n) is 3.30. The van der Waals surface area contributed by atoms with Gasteiger partial charge in [-0.3, -0.25) is 4.79 Å². The molecule has 1 aromatic heterocycles. The fourth-order valence-corrected chi connectivity index (χ4v) is 2.38. The van der Waals surface area contributed by atoms with Gasteiger partial charge in [-0.2, -0.15) is 0 Å². The highest BCUT2D eigenvalue weighted by molar-refractivity contribution is 5.93. The lowest BCUT2D eigenvalue weighted by Crippen LogP contribution is -2.40. The van der Waals surface area contributed by atoms with Crippen LogP contribution < -0.4 is 5.73 Å². The van der Waals surface area contributed by atoms with Crippen LogP contribution in [0.5, 0.6) is 0 Å². The van der Waals surface area contributed by atoms with Crippen LogP contribution in [0, 0.1) is 0 Å². The molecule has 1 atom stereocenters. The van der Waals surface area contributed by atoms with Crippen LogP contribution >= 0.6 is 0 Å². The van der Waals surface area contributed by atoms with Gasteiger partial charge in [0.2, 0.25) is 0 Å². The number of rotatable bonds is 3. The standard InChI is InChI=1S/C12H19N3O/c1-2-14-7-4-6-11(14)12(16)15-8-3-5-10(15)9-13/h4,6-7,10H,2-3,5,8-9,13H2,1H3. The molecule has 0 aliphatic carbocycles. The minimum absolute atomic E-state index is 0.125. The van der Waals surface area contributed by atoms with Gasteiger partial charge in [-0.15, -0.1) is 0 Å². The highest BCUT2D eigenvalue weighted by Crippen LogP contribution is 2.19. The maximum atomic E-state index is 12.3. The van der Waals surface area contributed by atoms with E-state index in [4.69, 9.17) is 5.73 Å². The first-order valence-electron chi connectivity index (χ1n) is 5.94. The van der Waals surface area contributed by atoms with E-state index in [0.717, 1.165) is 31.6 Å². The van der Waals surface area contributed by atoms with E-state index >= 15 is 0 Å². The quantitative estimate of drug-likeness (QED) is 0.830. The lowest BCUT2D eigenvalue weighted by atomic mass is 10.2. The van der Waals surface area contributed by atoms with Crippen LogP contribution in [-0.2, 0) is 6.54 Å². The number of nitrogens with zero attached hydrogens (tertiary/aromatic N) is 2. The van der Waals surface area contributed by atoms with Gasteiger partial charge in [-0.1, -0.05) is 0 Å². The monoisotopic (exact) mass is 221 g/mol. The van der Waals surface area contributed by atoms with Crippen molar-refractivity contribution in [2.75, 3.05) is 13.1 Å². The Bertz CT molecular complexity index is 372. The topological polar surface area (TPSA) is 51.3 Å². The number of aromatic nitrogens is 1. The van der Waals surface area contributed by atoms with Crippen LogP contribution in [0.4, 0.5) is 0 Å². The Labute approximate surface area is 96.0 Å². The summed E-state index contributed by atoms with van der Waals surface area (Å²) in [5, 5.41) is 0. The molecule has 88 valence electrons. The molecule has 2 rings (SSSR count). The Hall–Kier alpha value is -1.29. The second kappa shape index (κ2) is 4.70. The maximum absolute atomic E-state index is 12.3. The summed E-state index contributed by atoms with van der Waals surface area (Å²) < 4.78 is 1.98. The first kappa shape index (κ1) is 11.2. The van der Waals surface area contributed by atoms with E-state index in [2.05, 4.69) is 0 Å². The summed E-state index contributed by atoms with van der Waals surface area (Å²) in [6.45, 7) is 4.28. The van der Waals surface area contributed by atoms with Gasteiger partial charge in [-0.25, -0.2) is 0 Å². The zero-order valence-electron chi connectivity index (χ0n) is 9.72. The van der Waals surface area contributed by atoms with Crippen molar-refractivity contribution in [2.45, 2.75) is 32.4 Å². The molecule has 1 saturated heterocycles. The summed E-state index contributed by atoms with van der Waals surface area (Å²) >= 11 is 0. The molecule has 0 saturated carbocycles. The van der Waals surface area contributed by atoms with E-state index in [1.54, 1.807) is 0 Å². The third-order valence-corrected chi connectivity index (χ3v) is 3.30. The molecule has 4 heteroatoms. The van der Waals surface area contributed by atoms with Gasteiger partial charge in [0.15, 0.2) is 0 Å². The molecule has 0 spiro atoms. The molecular weight excluding hydrogens is 202 g/mol. The minimum atomic E-state index is 0.125. The van der Waals surface area contributed by atoms with Crippen molar-refractivity contribution < 1.29 is 4.79 Å². The van der Waals surface area contributed by atoms with Crippen molar-refractivity contribution in [3.05, 3.63) is 24.0 Å². The number of nitrogens with two attached hydrogens (primary N) is 1. The van der Waals surface area contributed by atoms with Crippen LogP contribution in [0.1, 0.15) is 30.3 Å². The maximum Gasteiger partial charge on any atom is 0.270 e. The predicted molar refractivity (Wildman–Crippen MR) is 63.2 cm³/mol. The number of carbonyl (C=O) groups excluding carboxylic acids is 1. The van der Waals surface area contributed by atoms with Gasteiger partial charge in [0.05, 0.1) is 0 Å². The normalized spacial score (nSPS) is 20.4. The van der Waals surface area contributed by atoms with Crippen molar-refractivity contribution in [2.24, 2.45) is 5.73 Å². The Morgan fingerprint density at radius 2 is 2.44 bits per heavy atom. The summed E-state index contributed by atoms with van der Waals surface area (Å²) in [4.78, 5) is 14.2. The van der Waals surface area contributed by atoms with Gasteiger partial charge < -0.3 is 15.2 Å². The van der Waals surface area contributed by atoms with Crippen molar-refractivity contribution in [3.8, 4) is 0 Å². The molecule has 16 heavy (non-hydrogen) atoms. The number of hydrogen-bond donors (Lipinski definition) is 1. The number of hydrogen-bond acceptors (Lipinski definition) is 2. The van der Waals surface area contributed by atoms with Crippen LogP contribution in [0.15, 0.2) is 18.3 Å². The highest BCUT2D eigenvalue weighted by Gasteiger charge is 2.29. The van der Waals surface area contributed by atoms with Crippen LogP contribution in [0.25, 0.3) is 0 Å². The van der Waals surface area contributed by atoms with E-state index in [0.29, 0.717) is 6.54 Å². The summed E-state index contributed by atoms with van der Waals surface area (Å²) in [6, 6.07) is 4.04. The highest BCUT2D eigenvalue weighted by atomic mass is 16.2. The van der Waals surface area contributed by atoms with Gasteiger partial charge in [-0.05, 0) is 31.9 Å². The SMILES string of the molecule is CCn1cccc1C(=O)N1CCCC1CN. The van der Waals surface area contributed by atoms with Crippen molar-refractivity contribution in [1.82, 2.24) is 9.47 Å². The van der Waals surface area contributed by atoms with Crippen molar-refractivity contribution in [3.63, 3.8) is 0 Å². The zero-order valence-corrected chi connectivity index (χ0v) is 9.72. The number of amides is 1. The first-order chi connectivity index (χ1) is 7.77. The Balaban J connectivity index is 2.18.